The molecule has 5 heteroatoms. The molecule has 0 unspecified atom stereocenters. The van der Waals surface area contributed by atoms with Crippen LogP contribution >= 0.6 is 11.8 Å². The quantitative estimate of drug-likeness (QED) is 0.354. The molecule has 0 spiro atoms. The second kappa shape index (κ2) is 7.29. The lowest BCUT2D eigenvalue weighted by Gasteiger charge is -2.12. The Morgan fingerprint density at radius 2 is 1.94 bits per heavy atom. The molecule has 92 valence electrons. The Morgan fingerprint density at radius 3 is 2.47 bits per heavy atom. The molecule has 1 rings (SSSR count). The number of nitrogens with zero attached hydrogens (tertiary/aromatic N) is 1. The molecular formula is C12H15NO2S2. The minimum absolute atomic E-state index is 0.342. The third-order valence-electron chi connectivity index (χ3n) is 1.91. The fourth-order valence-electron chi connectivity index (χ4n) is 1.24. The molecule has 3 nitrogen and oxygen atoms in total. The predicted octanol–water partition coefficient (Wildman–Crippen LogP) is 1.96. The van der Waals surface area contributed by atoms with Gasteiger partial charge in [0.05, 0.1) is 6.61 Å². The van der Waals surface area contributed by atoms with Gasteiger partial charge in [-0.25, -0.2) is 4.79 Å². The van der Waals surface area contributed by atoms with Crippen LogP contribution in [0.15, 0.2) is 34.8 Å². The minimum atomic E-state index is -0.380. The largest absolute Gasteiger partial charge is 0.766 e. The van der Waals surface area contributed by atoms with Gasteiger partial charge in [-0.3, -0.25) is 0 Å². The number of thioether (sulfide) groups is 1. The van der Waals surface area contributed by atoms with Gasteiger partial charge in [0.15, 0.2) is 12.4 Å². The monoisotopic (exact) mass is 269 g/mol. The van der Waals surface area contributed by atoms with Crippen LogP contribution in [0.4, 0.5) is 0 Å². The summed E-state index contributed by atoms with van der Waals surface area (Å²) < 4.78 is 7.28. The van der Waals surface area contributed by atoms with Crippen molar-refractivity contribution >= 4 is 36.1 Å². The van der Waals surface area contributed by atoms with Gasteiger partial charge in [-0.1, -0.05) is 17.2 Å². The Labute approximate surface area is 111 Å². The van der Waals surface area contributed by atoms with Gasteiger partial charge in [0.2, 0.25) is 0 Å². The molecule has 0 atom stereocenters. The van der Waals surface area contributed by atoms with E-state index in [1.165, 1.54) is 11.8 Å². The van der Waals surface area contributed by atoms with Crippen LogP contribution in [0.1, 0.15) is 13.8 Å². The molecule has 0 aliphatic carbocycles. The highest BCUT2D eigenvalue weighted by molar-refractivity contribution is 8.11. The number of ether oxygens (including phenoxy) is 1. The van der Waals surface area contributed by atoms with E-state index in [1.807, 2.05) is 25.1 Å². The van der Waals surface area contributed by atoms with Crippen LogP contribution < -0.4 is 4.57 Å². The lowest BCUT2D eigenvalue weighted by Crippen LogP contribution is -2.37. The SMILES string of the molecule is CCOC(=O)/C(=C(/[S-])SCC)[n+]1ccccc1. The lowest BCUT2D eigenvalue weighted by atomic mass is 10.4. The number of hydrogen-bond donors (Lipinski definition) is 0. The molecule has 1 aromatic heterocycles. The summed E-state index contributed by atoms with van der Waals surface area (Å²) in [5, 5.41) is 0. The Hall–Kier alpha value is -1.07. The van der Waals surface area contributed by atoms with Gasteiger partial charge in [-0.15, -0.1) is 11.8 Å². The summed E-state index contributed by atoms with van der Waals surface area (Å²) in [5.41, 5.74) is 0.411. The Morgan fingerprint density at radius 1 is 1.29 bits per heavy atom. The molecule has 0 N–H and O–H groups in total. The van der Waals surface area contributed by atoms with Crippen molar-refractivity contribution in [2.24, 2.45) is 0 Å². The topological polar surface area (TPSA) is 30.2 Å². The van der Waals surface area contributed by atoms with Crippen LogP contribution in [0.25, 0.3) is 5.70 Å². The zero-order valence-corrected chi connectivity index (χ0v) is 11.5. The van der Waals surface area contributed by atoms with Crippen molar-refractivity contribution in [1.29, 1.82) is 0 Å². The minimum Gasteiger partial charge on any atom is -0.766 e. The van der Waals surface area contributed by atoms with Crippen LogP contribution in [-0.2, 0) is 22.2 Å². The predicted molar refractivity (Wildman–Crippen MR) is 72.0 cm³/mol. The zero-order chi connectivity index (χ0) is 12.7. The van der Waals surface area contributed by atoms with Crippen LogP contribution in [0.5, 0.6) is 0 Å². The standard InChI is InChI=1S/C12H15NO2S2/c1-3-15-11(14)10(12(16)17-4-2)13-8-6-5-7-9-13/h5-9H,3-4H2,1-2H3. The number of carbonyl (C=O) groups is 1. The van der Waals surface area contributed by atoms with Crippen LogP contribution in [0, 0.1) is 0 Å². The van der Waals surface area contributed by atoms with Crippen molar-refractivity contribution in [1.82, 2.24) is 0 Å². The molecule has 17 heavy (non-hydrogen) atoms. The molecule has 0 bridgehead atoms. The normalized spacial score (nSPS) is 11.9. The van der Waals surface area contributed by atoms with Crippen molar-refractivity contribution in [3.63, 3.8) is 0 Å². The molecule has 0 aromatic carbocycles. The molecule has 0 aliphatic rings. The van der Waals surface area contributed by atoms with E-state index in [9.17, 15) is 4.79 Å². The molecule has 0 amide bonds. The maximum Gasteiger partial charge on any atom is 0.403 e. The van der Waals surface area contributed by atoms with Crippen LogP contribution in [0.3, 0.4) is 0 Å². The molecule has 0 fully saturated rings. The summed E-state index contributed by atoms with van der Waals surface area (Å²) in [6, 6.07) is 5.58. The van der Waals surface area contributed by atoms with E-state index in [4.69, 9.17) is 17.4 Å². The summed E-state index contributed by atoms with van der Waals surface area (Å²) in [6.07, 6.45) is 3.57. The van der Waals surface area contributed by atoms with E-state index in [0.29, 0.717) is 16.5 Å². The highest BCUT2D eigenvalue weighted by atomic mass is 32.2. The first kappa shape index (κ1) is 14.0. The Bertz CT molecular complexity index is 404. The lowest BCUT2D eigenvalue weighted by molar-refractivity contribution is -0.578. The summed E-state index contributed by atoms with van der Waals surface area (Å²) in [4.78, 5) is 11.9. The molecule has 0 aliphatic heterocycles. The first-order valence-corrected chi connectivity index (χ1v) is 6.78. The summed E-state index contributed by atoms with van der Waals surface area (Å²) >= 11 is 6.71. The molecular weight excluding hydrogens is 254 g/mol. The van der Waals surface area contributed by atoms with E-state index >= 15 is 0 Å². The summed E-state index contributed by atoms with van der Waals surface area (Å²) in [5.74, 6) is 0.449. The van der Waals surface area contributed by atoms with Crippen molar-refractivity contribution in [2.45, 2.75) is 13.8 Å². The maximum atomic E-state index is 11.9. The van der Waals surface area contributed by atoms with Gasteiger partial charge in [0.25, 0.3) is 5.70 Å². The number of hydrogen-bond acceptors (Lipinski definition) is 4. The van der Waals surface area contributed by atoms with Crippen LogP contribution in [-0.4, -0.2) is 18.3 Å². The van der Waals surface area contributed by atoms with E-state index in [2.05, 4.69) is 0 Å². The number of aromatic nitrogens is 1. The average Bonchev–Trinajstić information content (AvgIpc) is 2.31. The molecule has 1 heterocycles. The molecule has 1 aromatic rings. The fraction of sp³-hybridized carbons (Fsp3) is 0.333. The summed E-state index contributed by atoms with van der Waals surface area (Å²) in [6.45, 7) is 4.12. The first-order valence-electron chi connectivity index (χ1n) is 5.38. The summed E-state index contributed by atoms with van der Waals surface area (Å²) in [7, 11) is 0. The fourth-order valence-corrected chi connectivity index (χ4v) is 2.37. The number of carbonyl (C=O) groups excluding carboxylic acids is 1. The van der Waals surface area contributed by atoms with E-state index in [0.717, 1.165) is 5.75 Å². The third-order valence-corrected chi connectivity index (χ3v) is 3.20. The van der Waals surface area contributed by atoms with Crippen molar-refractivity contribution in [3.8, 4) is 0 Å². The van der Waals surface area contributed by atoms with Gasteiger partial charge < -0.3 is 17.4 Å². The second-order valence-corrected chi connectivity index (χ2v) is 5.01. The van der Waals surface area contributed by atoms with E-state index in [1.54, 1.807) is 23.9 Å². The van der Waals surface area contributed by atoms with Gasteiger partial charge in [-0.05, 0) is 12.7 Å². The van der Waals surface area contributed by atoms with Crippen LogP contribution in [0.2, 0.25) is 0 Å². The molecule has 0 saturated carbocycles. The molecule has 0 saturated heterocycles. The first-order chi connectivity index (χ1) is 8.20. The number of pyridine rings is 1. The average molecular weight is 269 g/mol. The van der Waals surface area contributed by atoms with E-state index < -0.39 is 0 Å². The van der Waals surface area contributed by atoms with Crippen molar-refractivity contribution in [2.75, 3.05) is 12.4 Å². The zero-order valence-electron chi connectivity index (χ0n) is 9.88. The highest BCUT2D eigenvalue weighted by Crippen LogP contribution is 2.18. The van der Waals surface area contributed by atoms with E-state index in [-0.39, 0.29) is 5.97 Å². The second-order valence-electron chi connectivity index (χ2n) is 3.07. The number of esters is 1. The van der Waals surface area contributed by atoms with Gasteiger partial charge in [0, 0.05) is 12.1 Å². The smallest absolute Gasteiger partial charge is 0.403 e. The van der Waals surface area contributed by atoms with Gasteiger partial charge >= 0.3 is 5.97 Å². The third kappa shape index (κ3) is 4.02. The van der Waals surface area contributed by atoms with Crippen molar-refractivity contribution < 1.29 is 14.1 Å². The Kier molecular flexibility index (Phi) is 6.00. The van der Waals surface area contributed by atoms with Gasteiger partial charge in [-0.2, -0.15) is 4.57 Å². The van der Waals surface area contributed by atoms with Crippen molar-refractivity contribution in [3.05, 3.63) is 34.8 Å². The Balaban J connectivity index is 3.11. The highest BCUT2D eigenvalue weighted by Gasteiger charge is 2.21. The molecule has 0 radical (unpaired) electrons. The number of rotatable bonds is 5. The van der Waals surface area contributed by atoms with Gasteiger partial charge in [0.1, 0.15) is 0 Å². The maximum absolute atomic E-state index is 11.9.